The molecule has 0 saturated carbocycles. The Labute approximate surface area is 110 Å². The number of hydrogen-bond donors (Lipinski definition) is 1. The molecule has 0 radical (unpaired) electrons. The maximum absolute atomic E-state index is 13.5. The van der Waals surface area contributed by atoms with Crippen molar-refractivity contribution < 1.29 is 13.9 Å². The average Bonchev–Trinajstić information content (AvgIpc) is 2.81. The lowest BCUT2D eigenvalue weighted by Gasteiger charge is -2.20. The van der Waals surface area contributed by atoms with Crippen molar-refractivity contribution in [3.63, 3.8) is 0 Å². The highest BCUT2D eigenvalue weighted by Gasteiger charge is 2.36. The SMILES string of the molecule is COC(=O)[C@@H]1CCN[C@@H]1c1cc(F)cc(C)c1Cl. The normalized spacial score (nSPS) is 23.1. The highest BCUT2D eigenvalue weighted by molar-refractivity contribution is 6.32. The fourth-order valence-corrected chi connectivity index (χ4v) is 2.64. The molecule has 1 saturated heterocycles. The lowest BCUT2D eigenvalue weighted by atomic mass is 9.93. The summed E-state index contributed by atoms with van der Waals surface area (Å²) >= 11 is 6.20. The summed E-state index contributed by atoms with van der Waals surface area (Å²) in [5.74, 6) is -0.944. The Hall–Kier alpha value is -1.13. The monoisotopic (exact) mass is 271 g/mol. The Kier molecular flexibility index (Phi) is 3.88. The van der Waals surface area contributed by atoms with Crippen LogP contribution in [-0.2, 0) is 9.53 Å². The van der Waals surface area contributed by atoms with E-state index in [0.29, 0.717) is 29.1 Å². The minimum Gasteiger partial charge on any atom is -0.469 e. The van der Waals surface area contributed by atoms with Gasteiger partial charge in [-0.15, -0.1) is 0 Å². The van der Waals surface area contributed by atoms with Crippen molar-refractivity contribution in [3.05, 3.63) is 34.1 Å². The predicted octanol–water partition coefficient (Wildman–Crippen LogP) is 2.61. The molecule has 1 N–H and O–H groups in total. The second kappa shape index (κ2) is 5.24. The first kappa shape index (κ1) is 13.3. The van der Waals surface area contributed by atoms with Crippen LogP contribution in [0.3, 0.4) is 0 Å². The number of hydrogen-bond acceptors (Lipinski definition) is 3. The highest BCUT2D eigenvalue weighted by Crippen LogP contribution is 2.36. The second-order valence-electron chi connectivity index (χ2n) is 4.48. The molecule has 0 spiro atoms. The van der Waals surface area contributed by atoms with E-state index >= 15 is 0 Å². The number of rotatable bonds is 2. The van der Waals surface area contributed by atoms with Gasteiger partial charge in [-0.2, -0.15) is 0 Å². The number of carbonyl (C=O) groups excluding carboxylic acids is 1. The smallest absolute Gasteiger partial charge is 0.310 e. The van der Waals surface area contributed by atoms with Gasteiger partial charge in [0.15, 0.2) is 0 Å². The van der Waals surface area contributed by atoms with Crippen molar-refractivity contribution in [2.75, 3.05) is 13.7 Å². The molecule has 0 bridgehead atoms. The van der Waals surface area contributed by atoms with Gasteiger partial charge in [-0.3, -0.25) is 4.79 Å². The first-order valence-corrected chi connectivity index (χ1v) is 6.19. The zero-order valence-electron chi connectivity index (χ0n) is 10.3. The molecule has 3 nitrogen and oxygen atoms in total. The molecule has 1 aromatic carbocycles. The van der Waals surface area contributed by atoms with Crippen LogP contribution in [0.15, 0.2) is 12.1 Å². The summed E-state index contributed by atoms with van der Waals surface area (Å²) in [5.41, 5.74) is 1.30. The van der Waals surface area contributed by atoms with Gasteiger partial charge in [0.1, 0.15) is 5.82 Å². The molecule has 2 atom stereocenters. The van der Waals surface area contributed by atoms with E-state index in [1.807, 2.05) is 0 Å². The van der Waals surface area contributed by atoms with Crippen molar-refractivity contribution in [1.29, 1.82) is 0 Å². The molecule has 0 aliphatic carbocycles. The van der Waals surface area contributed by atoms with E-state index in [1.54, 1.807) is 6.92 Å². The van der Waals surface area contributed by atoms with Gasteiger partial charge in [0.05, 0.1) is 13.0 Å². The number of ether oxygens (including phenoxy) is 1. The van der Waals surface area contributed by atoms with Crippen LogP contribution in [0.2, 0.25) is 5.02 Å². The minimum atomic E-state index is -0.343. The molecule has 0 amide bonds. The topological polar surface area (TPSA) is 38.3 Å². The Morgan fingerprint density at radius 2 is 2.28 bits per heavy atom. The lowest BCUT2D eigenvalue weighted by Crippen LogP contribution is -2.25. The first-order chi connectivity index (χ1) is 8.54. The molecule has 98 valence electrons. The summed E-state index contributed by atoms with van der Waals surface area (Å²) in [4.78, 5) is 11.7. The minimum absolute atomic E-state index is 0.278. The van der Waals surface area contributed by atoms with Crippen LogP contribution in [0.25, 0.3) is 0 Å². The fourth-order valence-electron chi connectivity index (χ4n) is 2.41. The highest BCUT2D eigenvalue weighted by atomic mass is 35.5. The van der Waals surface area contributed by atoms with Gasteiger partial charge in [-0.25, -0.2) is 4.39 Å². The van der Waals surface area contributed by atoms with Gasteiger partial charge in [-0.05, 0) is 43.1 Å². The van der Waals surface area contributed by atoms with Gasteiger partial charge in [0.2, 0.25) is 0 Å². The lowest BCUT2D eigenvalue weighted by molar-refractivity contribution is -0.145. The van der Waals surface area contributed by atoms with Crippen molar-refractivity contribution in [2.24, 2.45) is 5.92 Å². The summed E-state index contributed by atoms with van der Waals surface area (Å²) < 4.78 is 18.2. The molecule has 1 heterocycles. The first-order valence-electron chi connectivity index (χ1n) is 5.81. The zero-order valence-corrected chi connectivity index (χ0v) is 11.1. The van der Waals surface area contributed by atoms with E-state index in [9.17, 15) is 9.18 Å². The maximum Gasteiger partial charge on any atom is 0.310 e. The second-order valence-corrected chi connectivity index (χ2v) is 4.85. The molecule has 0 unspecified atom stereocenters. The van der Waals surface area contributed by atoms with E-state index in [1.165, 1.54) is 19.2 Å². The van der Waals surface area contributed by atoms with Crippen molar-refractivity contribution in [3.8, 4) is 0 Å². The van der Waals surface area contributed by atoms with Crippen LogP contribution in [0.1, 0.15) is 23.6 Å². The third-order valence-electron chi connectivity index (χ3n) is 3.31. The summed E-state index contributed by atoms with van der Waals surface area (Å²) in [6.45, 7) is 2.44. The van der Waals surface area contributed by atoms with E-state index in [0.717, 1.165) is 0 Å². The van der Waals surface area contributed by atoms with Gasteiger partial charge < -0.3 is 10.1 Å². The number of nitrogens with one attached hydrogen (secondary N) is 1. The Morgan fingerprint density at radius 3 is 2.94 bits per heavy atom. The third-order valence-corrected chi connectivity index (χ3v) is 3.82. The number of methoxy groups -OCH3 is 1. The van der Waals surface area contributed by atoms with Crippen LogP contribution in [-0.4, -0.2) is 19.6 Å². The molecule has 0 aromatic heterocycles. The van der Waals surface area contributed by atoms with Crippen LogP contribution >= 0.6 is 11.6 Å². The number of carbonyl (C=O) groups is 1. The number of benzene rings is 1. The quantitative estimate of drug-likeness (QED) is 0.841. The fraction of sp³-hybridized carbons (Fsp3) is 0.462. The van der Waals surface area contributed by atoms with Crippen molar-refractivity contribution >= 4 is 17.6 Å². The average molecular weight is 272 g/mol. The predicted molar refractivity (Wildman–Crippen MR) is 67.0 cm³/mol. The molecule has 1 aliphatic heterocycles. The van der Waals surface area contributed by atoms with E-state index in [4.69, 9.17) is 16.3 Å². The maximum atomic E-state index is 13.5. The number of esters is 1. The third kappa shape index (κ3) is 2.35. The van der Waals surface area contributed by atoms with Crippen LogP contribution in [0.5, 0.6) is 0 Å². The van der Waals surface area contributed by atoms with Crippen LogP contribution in [0.4, 0.5) is 4.39 Å². The molecular weight excluding hydrogens is 257 g/mol. The largest absolute Gasteiger partial charge is 0.469 e. The number of halogens is 2. The standard InChI is InChI=1S/C13H15ClFNO2/c1-7-5-8(15)6-10(11(7)14)12-9(3-4-16-12)13(17)18-2/h5-6,9,12,16H,3-4H2,1-2H3/t9-,12+/m1/s1. The van der Waals surface area contributed by atoms with Crippen molar-refractivity contribution in [2.45, 2.75) is 19.4 Å². The summed E-state index contributed by atoms with van der Waals surface area (Å²) in [5, 5.41) is 3.69. The molecule has 5 heteroatoms. The van der Waals surface area contributed by atoms with E-state index < -0.39 is 0 Å². The molecule has 18 heavy (non-hydrogen) atoms. The summed E-state index contributed by atoms with van der Waals surface area (Å²) in [6.07, 6.45) is 0.670. The molecular formula is C13H15ClFNO2. The van der Waals surface area contributed by atoms with E-state index in [-0.39, 0.29) is 23.7 Å². The van der Waals surface area contributed by atoms with Gasteiger partial charge in [0.25, 0.3) is 0 Å². The van der Waals surface area contributed by atoms with Crippen LogP contribution in [0, 0.1) is 18.7 Å². The molecule has 1 fully saturated rings. The Bertz CT molecular complexity index is 478. The van der Waals surface area contributed by atoms with Gasteiger partial charge >= 0.3 is 5.97 Å². The Morgan fingerprint density at radius 1 is 1.56 bits per heavy atom. The van der Waals surface area contributed by atoms with E-state index in [2.05, 4.69) is 5.32 Å². The van der Waals surface area contributed by atoms with Gasteiger partial charge in [0, 0.05) is 11.1 Å². The zero-order chi connectivity index (χ0) is 13.3. The molecule has 1 aliphatic rings. The summed E-state index contributed by atoms with van der Waals surface area (Å²) in [6, 6.07) is 2.49. The number of aryl methyl sites for hydroxylation is 1. The van der Waals surface area contributed by atoms with Crippen LogP contribution < -0.4 is 5.32 Å². The van der Waals surface area contributed by atoms with Crippen molar-refractivity contribution in [1.82, 2.24) is 5.32 Å². The van der Waals surface area contributed by atoms with Gasteiger partial charge in [-0.1, -0.05) is 11.6 Å². The molecule has 1 aromatic rings. The Balaban J connectivity index is 2.39. The summed E-state index contributed by atoms with van der Waals surface area (Å²) in [7, 11) is 1.36. The molecule has 2 rings (SSSR count).